The van der Waals surface area contributed by atoms with Crippen molar-refractivity contribution in [2.45, 2.75) is 123 Å². The molecule has 0 aromatic rings. The van der Waals surface area contributed by atoms with E-state index in [1.165, 1.54) is 0 Å². The third kappa shape index (κ3) is 12.8. The van der Waals surface area contributed by atoms with Crippen LogP contribution in [0.25, 0.3) is 0 Å². The first-order chi connectivity index (χ1) is 20.5. The number of rotatable bonds is 19. The van der Waals surface area contributed by atoms with Gasteiger partial charge in [-0.1, -0.05) is 65.0 Å². The Morgan fingerprint density at radius 1 is 1.09 bits per heavy atom. The fourth-order valence-corrected chi connectivity index (χ4v) is 6.51. The molecule has 0 radical (unpaired) electrons. The number of ether oxygens (including phenoxy) is 2. The predicted molar refractivity (Wildman–Crippen MR) is 178 cm³/mol. The van der Waals surface area contributed by atoms with Gasteiger partial charge in [-0.05, 0) is 55.8 Å². The van der Waals surface area contributed by atoms with E-state index < -0.39 is 26.3 Å². The van der Waals surface area contributed by atoms with Gasteiger partial charge in [0.25, 0.3) is 0 Å². The van der Waals surface area contributed by atoms with Gasteiger partial charge >= 0.3 is 5.97 Å². The molecule has 1 rings (SSSR count). The zero-order valence-electron chi connectivity index (χ0n) is 28.6. The lowest BCUT2D eigenvalue weighted by atomic mass is 9.86. The van der Waals surface area contributed by atoms with Crippen LogP contribution in [-0.2, 0) is 33.1 Å². The minimum absolute atomic E-state index is 0.0178. The molecule has 2 unspecified atom stereocenters. The average molecular weight is 632 g/mol. The van der Waals surface area contributed by atoms with Gasteiger partial charge in [0.15, 0.2) is 8.32 Å². The summed E-state index contributed by atoms with van der Waals surface area (Å²) in [5.41, 5.74) is 0.763. The largest absolute Gasteiger partial charge is 0.457 e. The quantitative estimate of drug-likeness (QED) is 0.0706. The normalized spacial score (nSPS) is 18.7. The van der Waals surface area contributed by atoms with Crippen LogP contribution in [-0.4, -0.2) is 57.3 Å². The van der Waals surface area contributed by atoms with Crippen LogP contribution in [0.3, 0.4) is 0 Å². The number of piperidine rings is 1. The lowest BCUT2D eigenvalue weighted by Crippen LogP contribution is -2.49. The number of Topliss-reactive ketones (excluding diaryl/α,β-unsaturated/α-hetero) is 1. The molecule has 5 atom stereocenters. The van der Waals surface area contributed by atoms with E-state index in [4.69, 9.17) is 13.9 Å². The standard InChI is InChI=1S/C35H57NO7Si/c1-12-14-15-16-20-32(40)42-33(26(5)28(37)19-17-18-27-22-30(38)36-31(39)23-27)24(3)21-25(4)34(29(13-2)41-9)43-44(10,11)35(6,7)8/h12-13,15-16,21,25-27,29,33-34H,1-2,14,17-20,22-23H2,3-11H3,(H,36,38,39)/b16-15?,24-21-/t25?,26-,29+,33+,34?/m1/s1. The van der Waals surface area contributed by atoms with Gasteiger partial charge in [-0.3, -0.25) is 24.5 Å². The Bertz CT molecular complexity index is 1060. The molecule has 0 saturated carbocycles. The van der Waals surface area contributed by atoms with Crippen molar-refractivity contribution in [3.8, 4) is 0 Å². The molecule has 1 saturated heterocycles. The van der Waals surface area contributed by atoms with Gasteiger partial charge < -0.3 is 13.9 Å². The van der Waals surface area contributed by atoms with Gasteiger partial charge in [-0.25, -0.2) is 0 Å². The van der Waals surface area contributed by atoms with Crippen LogP contribution in [0, 0.1) is 17.8 Å². The van der Waals surface area contributed by atoms with Crippen molar-refractivity contribution in [2.24, 2.45) is 17.8 Å². The van der Waals surface area contributed by atoms with Gasteiger partial charge in [-0.2, -0.15) is 0 Å². The Morgan fingerprint density at radius 3 is 2.23 bits per heavy atom. The number of hydrogen-bond donors (Lipinski definition) is 1. The summed E-state index contributed by atoms with van der Waals surface area (Å²) in [6.07, 6.45) is 10.4. The van der Waals surface area contributed by atoms with E-state index in [0.717, 1.165) is 5.57 Å². The molecule has 0 spiro atoms. The second-order valence-corrected chi connectivity index (χ2v) is 18.3. The first kappa shape index (κ1) is 39.4. The van der Waals surface area contributed by atoms with Gasteiger partial charge in [0.05, 0.1) is 18.4 Å². The fourth-order valence-electron chi connectivity index (χ4n) is 5.13. The zero-order valence-corrected chi connectivity index (χ0v) is 29.6. The summed E-state index contributed by atoms with van der Waals surface area (Å²) in [7, 11) is -0.550. The van der Waals surface area contributed by atoms with Crippen LogP contribution in [0.2, 0.25) is 18.1 Å². The Morgan fingerprint density at radius 2 is 1.70 bits per heavy atom. The van der Waals surface area contributed by atoms with Crippen molar-refractivity contribution >= 4 is 31.9 Å². The number of ketones is 1. The second-order valence-electron chi connectivity index (χ2n) is 13.6. The summed E-state index contributed by atoms with van der Waals surface area (Å²) >= 11 is 0. The third-order valence-electron chi connectivity index (χ3n) is 8.79. The number of esters is 1. The molecule has 0 bridgehead atoms. The van der Waals surface area contributed by atoms with Crippen LogP contribution < -0.4 is 5.32 Å². The molecular formula is C35H57NO7Si. The van der Waals surface area contributed by atoms with Crippen LogP contribution in [0.15, 0.2) is 49.1 Å². The number of carbonyl (C=O) groups excluding carboxylic acids is 4. The molecule has 248 valence electrons. The van der Waals surface area contributed by atoms with Crippen LogP contribution in [0.5, 0.6) is 0 Å². The van der Waals surface area contributed by atoms with Crippen molar-refractivity contribution in [3.05, 3.63) is 49.1 Å². The summed E-state index contributed by atoms with van der Waals surface area (Å²) in [5.74, 6) is -1.78. The maximum absolute atomic E-state index is 13.4. The van der Waals surface area contributed by atoms with Crippen LogP contribution in [0.1, 0.15) is 86.5 Å². The molecule has 9 heteroatoms. The van der Waals surface area contributed by atoms with Crippen LogP contribution >= 0.6 is 0 Å². The highest BCUT2D eigenvalue weighted by atomic mass is 28.4. The first-order valence-corrected chi connectivity index (χ1v) is 18.7. The second kappa shape index (κ2) is 18.4. The minimum Gasteiger partial charge on any atom is -0.457 e. The predicted octanol–water partition coefficient (Wildman–Crippen LogP) is 7.02. The highest BCUT2D eigenvalue weighted by Crippen LogP contribution is 2.39. The SMILES string of the molecule is C=CCC=CCC(=O)O[C@@H](/C(C)=C\C(C)C(O[Si](C)(C)C(C)(C)C)[C@H](C=C)OC)[C@H](C)C(=O)CCCC1CC(=O)NC(=O)C1. The average Bonchev–Trinajstić information content (AvgIpc) is 2.92. The number of imide groups is 1. The van der Waals surface area contributed by atoms with Crippen molar-refractivity contribution in [2.75, 3.05) is 7.11 Å². The first-order valence-electron chi connectivity index (χ1n) is 15.8. The van der Waals surface area contributed by atoms with E-state index in [0.29, 0.717) is 32.1 Å². The van der Waals surface area contributed by atoms with E-state index in [9.17, 15) is 19.2 Å². The minimum atomic E-state index is -2.19. The molecular weight excluding hydrogens is 574 g/mol. The molecule has 1 fully saturated rings. The smallest absolute Gasteiger partial charge is 0.310 e. The van der Waals surface area contributed by atoms with E-state index in [2.05, 4.69) is 52.3 Å². The molecule has 2 amide bonds. The van der Waals surface area contributed by atoms with Gasteiger partial charge in [0.1, 0.15) is 18.0 Å². The monoisotopic (exact) mass is 631 g/mol. The molecule has 1 aliphatic heterocycles. The third-order valence-corrected chi connectivity index (χ3v) is 13.3. The Labute approximate surface area is 266 Å². The summed E-state index contributed by atoms with van der Waals surface area (Å²) in [4.78, 5) is 49.8. The molecule has 8 nitrogen and oxygen atoms in total. The number of hydrogen-bond acceptors (Lipinski definition) is 7. The van der Waals surface area contributed by atoms with E-state index in [-0.39, 0.29) is 59.5 Å². The number of methoxy groups -OCH3 is 1. The van der Waals surface area contributed by atoms with E-state index in [1.54, 1.807) is 32.3 Å². The highest BCUT2D eigenvalue weighted by Gasteiger charge is 2.42. The summed E-state index contributed by atoms with van der Waals surface area (Å²) in [6, 6.07) is 0. The molecule has 1 heterocycles. The molecule has 44 heavy (non-hydrogen) atoms. The maximum atomic E-state index is 13.4. The molecule has 1 aliphatic rings. The van der Waals surface area contributed by atoms with E-state index in [1.807, 2.05) is 26.0 Å². The highest BCUT2D eigenvalue weighted by molar-refractivity contribution is 6.74. The number of carbonyl (C=O) groups is 4. The Hall–Kier alpha value is -2.62. The zero-order chi connectivity index (χ0) is 33.7. The Balaban J connectivity index is 3.22. The topological polar surface area (TPSA) is 108 Å². The van der Waals surface area contributed by atoms with Crippen molar-refractivity contribution < 1.29 is 33.1 Å². The lowest BCUT2D eigenvalue weighted by molar-refractivity contribution is -0.150. The van der Waals surface area contributed by atoms with Gasteiger partial charge in [0.2, 0.25) is 11.8 Å². The molecule has 0 aromatic carbocycles. The summed E-state index contributed by atoms with van der Waals surface area (Å²) in [5, 5.41) is 2.30. The van der Waals surface area contributed by atoms with Gasteiger partial charge in [-0.15, -0.1) is 13.2 Å². The van der Waals surface area contributed by atoms with E-state index >= 15 is 0 Å². The Kier molecular flexibility index (Phi) is 16.5. The summed E-state index contributed by atoms with van der Waals surface area (Å²) in [6.45, 7) is 24.3. The lowest BCUT2D eigenvalue weighted by Gasteiger charge is -2.42. The maximum Gasteiger partial charge on any atom is 0.310 e. The fraction of sp³-hybridized carbons (Fsp3) is 0.657. The number of amides is 2. The van der Waals surface area contributed by atoms with Crippen molar-refractivity contribution in [1.82, 2.24) is 5.32 Å². The van der Waals surface area contributed by atoms with Gasteiger partial charge in [0, 0.05) is 32.3 Å². The number of allylic oxidation sites excluding steroid dienone is 2. The number of nitrogens with one attached hydrogen (secondary N) is 1. The molecule has 1 N–H and O–H groups in total. The molecule has 0 aromatic heterocycles. The van der Waals surface area contributed by atoms with Crippen LogP contribution in [0.4, 0.5) is 0 Å². The molecule has 0 aliphatic carbocycles. The van der Waals surface area contributed by atoms with Crippen molar-refractivity contribution in [3.63, 3.8) is 0 Å². The summed E-state index contributed by atoms with van der Waals surface area (Å²) < 4.78 is 18.6. The van der Waals surface area contributed by atoms with Crippen molar-refractivity contribution in [1.29, 1.82) is 0 Å².